The lowest BCUT2D eigenvalue weighted by atomic mass is 10.2. The van der Waals surface area contributed by atoms with E-state index in [2.05, 4.69) is 31.0 Å². The Kier molecular flexibility index (Phi) is 5.56. The van der Waals surface area contributed by atoms with E-state index < -0.39 is 5.91 Å². The Labute approximate surface area is 171 Å². The molecule has 0 spiro atoms. The standard InChI is InChI=1S/C20H18N8O2/c29-17(11-12-27-14-21-13-22-27)24-25-20(30)18-23-19(15-7-3-1-4-8-15)28(26-18)16-9-5-2-6-10-16/h1-10,13-14H,11-12H2,(H,24,29)(H,25,30). The second-order valence-corrected chi connectivity index (χ2v) is 6.28. The van der Waals surface area contributed by atoms with Crippen LogP contribution in [-0.4, -0.2) is 41.3 Å². The molecule has 0 aliphatic carbocycles. The predicted molar refractivity (Wildman–Crippen MR) is 107 cm³/mol. The maximum atomic E-state index is 12.5. The number of rotatable bonds is 6. The van der Waals surface area contributed by atoms with E-state index >= 15 is 0 Å². The fraction of sp³-hybridized carbons (Fsp3) is 0.100. The maximum absolute atomic E-state index is 12.5. The van der Waals surface area contributed by atoms with Crippen LogP contribution in [0.1, 0.15) is 17.0 Å². The summed E-state index contributed by atoms with van der Waals surface area (Å²) in [4.78, 5) is 32.7. The maximum Gasteiger partial charge on any atom is 0.309 e. The van der Waals surface area contributed by atoms with E-state index in [0.717, 1.165) is 11.3 Å². The molecule has 0 aliphatic rings. The number of para-hydroxylation sites is 1. The Hall–Kier alpha value is -4.34. The molecule has 0 atom stereocenters. The minimum atomic E-state index is -0.615. The topological polar surface area (TPSA) is 120 Å². The van der Waals surface area contributed by atoms with Crippen molar-refractivity contribution in [2.24, 2.45) is 0 Å². The highest BCUT2D eigenvalue weighted by Gasteiger charge is 2.19. The van der Waals surface area contributed by atoms with Gasteiger partial charge in [0.2, 0.25) is 11.7 Å². The summed E-state index contributed by atoms with van der Waals surface area (Å²) in [5.41, 5.74) is 6.29. The van der Waals surface area contributed by atoms with Crippen LogP contribution in [0, 0.1) is 0 Å². The van der Waals surface area contributed by atoms with Gasteiger partial charge in [-0.15, -0.1) is 5.10 Å². The van der Waals surface area contributed by atoms with Gasteiger partial charge < -0.3 is 0 Å². The smallest absolute Gasteiger partial charge is 0.273 e. The lowest BCUT2D eigenvalue weighted by Gasteiger charge is -2.05. The molecule has 150 valence electrons. The van der Waals surface area contributed by atoms with Crippen LogP contribution in [0.5, 0.6) is 0 Å². The number of amides is 2. The number of carbonyl (C=O) groups excluding carboxylic acids is 2. The zero-order valence-electron chi connectivity index (χ0n) is 15.8. The number of nitrogens with one attached hydrogen (secondary N) is 2. The molecule has 0 aliphatic heterocycles. The number of aryl methyl sites for hydroxylation is 1. The van der Waals surface area contributed by atoms with E-state index in [-0.39, 0.29) is 18.2 Å². The summed E-state index contributed by atoms with van der Waals surface area (Å²) in [6.07, 6.45) is 3.03. The SMILES string of the molecule is O=C(CCn1cncn1)NNC(=O)c1nc(-c2ccccc2)n(-c2ccccc2)n1. The second-order valence-electron chi connectivity index (χ2n) is 6.28. The highest BCUT2D eigenvalue weighted by Crippen LogP contribution is 2.20. The summed E-state index contributed by atoms with van der Waals surface area (Å²) in [6, 6.07) is 18.8. The Morgan fingerprint density at radius 1 is 0.933 bits per heavy atom. The van der Waals surface area contributed by atoms with Gasteiger partial charge in [-0.2, -0.15) is 5.10 Å². The molecular weight excluding hydrogens is 384 g/mol. The number of carbonyl (C=O) groups is 2. The first-order chi connectivity index (χ1) is 14.7. The number of benzene rings is 2. The van der Waals surface area contributed by atoms with Crippen LogP contribution in [0.2, 0.25) is 0 Å². The lowest BCUT2D eigenvalue weighted by molar-refractivity contribution is -0.122. The molecule has 0 unspecified atom stereocenters. The van der Waals surface area contributed by atoms with Gasteiger partial charge in [-0.1, -0.05) is 48.5 Å². The largest absolute Gasteiger partial charge is 0.309 e. The number of hydrogen-bond acceptors (Lipinski definition) is 6. The summed E-state index contributed by atoms with van der Waals surface area (Å²) < 4.78 is 3.12. The normalized spacial score (nSPS) is 10.5. The van der Waals surface area contributed by atoms with Crippen molar-refractivity contribution in [3.8, 4) is 17.1 Å². The number of aromatic nitrogens is 6. The molecular formula is C20H18N8O2. The molecule has 0 fully saturated rings. The van der Waals surface area contributed by atoms with Gasteiger partial charge in [0, 0.05) is 12.0 Å². The third-order valence-corrected chi connectivity index (χ3v) is 4.19. The van der Waals surface area contributed by atoms with E-state index in [1.54, 1.807) is 4.68 Å². The van der Waals surface area contributed by atoms with Gasteiger partial charge in [0.1, 0.15) is 12.7 Å². The summed E-state index contributed by atoms with van der Waals surface area (Å²) in [7, 11) is 0. The molecule has 0 saturated carbocycles. The zero-order chi connectivity index (χ0) is 20.8. The molecule has 10 nitrogen and oxygen atoms in total. The molecule has 30 heavy (non-hydrogen) atoms. The van der Waals surface area contributed by atoms with E-state index in [0.29, 0.717) is 12.4 Å². The van der Waals surface area contributed by atoms with Crippen molar-refractivity contribution in [2.75, 3.05) is 0 Å². The minimum Gasteiger partial charge on any atom is -0.273 e. The number of hydrazine groups is 1. The van der Waals surface area contributed by atoms with E-state index in [4.69, 9.17) is 0 Å². The van der Waals surface area contributed by atoms with Crippen LogP contribution in [0.3, 0.4) is 0 Å². The number of hydrogen-bond donors (Lipinski definition) is 2. The second kappa shape index (κ2) is 8.78. The Balaban J connectivity index is 1.49. The van der Waals surface area contributed by atoms with Crippen molar-refractivity contribution < 1.29 is 9.59 Å². The van der Waals surface area contributed by atoms with Crippen LogP contribution >= 0.6 is 0 Å². The van der Waals surface area contributed by atoms with Crippen molar-refractivity contribution in [3.63, 3.8) is 0 Å². The molecule has 2 heterocycles. The molecule has 2 aromatic heterocycles. The fourth-order valence-electron chi connectivity index (χ4n) is 2.74. The van der Waals surface area contributed by atoms with Crippen LogP contribution in [0.4, 0.5) is 0 Å². The van der Waals surface area contributed by atoms with Gasteiger partial charge in [0.15, 0.2) is 5.82 Å². The lowest BCUT2D eigenvalue weighted by Crippen LogP contribution is -2.42. The molecule has 2 aromatic carbocycles. The van der Waals surface area contributed by atoms with Gasteiger partial charge in [-0.25, -0.2) is 14.6 Å². The van der Waals surface area contributed by atoms with Gasteiger partial charge >= 0.3 is 5.91 Å². The molecule has 2 N–H and O–H groups in total. The first-order valence-corrected chi connectivity index (χ1v) is 9.20. The van der Waals surface area contributed by atoms with Crippen molar-refractivity contribution >= 4 is 11.8 Å². The minimum absolute atomic E-state index is 0.0608. The Morgan fingerprint density at radius 3 is 2.37 bits per heavy atom. The Morgan fingerprint density at radius 2 is 1.67 bits per heavy atom. The predicted octanol–water partition coefficient (Wildman–Crippen LogP) is 1.38. The van der Waals surface area contributed by atoms with E-state index in [1.807, 2.05) is 60.7 Å². The van der Waals surface area contributed by atoms with Crippen LogP contribution in [0.25, 0.3) is 17.1 Å². The molecule has 2 amide bonds. The Bertz CT molecular complexity index is 1070. The summed E-state index contributed by atoms with van der Waals surface area (Å²) in [5, 5.41) is 8.26. The average molecular weight is 402 g/mol. The van der Waals surface area contributed by atoms with Crippen molar-refractivity contribution in [1.82, 2.24) is 40.4 Å². The first kappa shape index (κ1) is 19.0. The highest BCUT2D eigenvalue weighted by molar-refractivity contribution is 5.92. The van der Waals surface area contributed by atoms with Crippen LogP contribution < -0.4 is 10.9 Å². The monoisotopic (exact) mass is 402 g/mol. The van der Waals surface area contributed by atoms with Crippen molar-refractivity contribution in [2.45, 2.75) is 13.0 Å². The quantitative estimate of drug-likeness (QED) is 0.470. The molecule has 4 rings (SSSR count). The molecule has 10 heteroatoms. The first-order valence-electron chi connectivity index (χ1n) is 9.20. The highest BCUT2D eigenvalue weighted by atomic mass is 16.2. The fourth-order valence-corrected chi connectivity index (χ4v) is 2.74. The summed E-state index contributed by atoms with van der Waals surface area (Å²) >= 11 is 0. The van der Waals surface area contributed by atoms with Gasteiger partial charge in [-0.3, -0.25) is 25.1 Å². The molecule has 0 saturated heterocycles. The summed E-state index contributed by atoms with van der Waals surface area (Å²) in [6.45, 7) is 0.348. The van der Waals surface area contributed by atoms with Crippen LogP contribution in [0.15, 0.2) is 73.3 Å². The van der Waals surface area contributed by atoms with Gasteiger partial charge in [0.25, 0.3) is 0 Å². The van der Waals surface area contributed by atoms with Gasteiger partial charge in [0.05, 0.1) is 12.2 Å². The third-order valence-electron chi connectivity index (χ3n) is 4.19. The van der Waals surface area contributed by atoms with Crippen molar-refractivity contribution in [3.05, 3.63) is 79.1 Å². The summed E-state index contributed by atoms with van der Waals surface area (Å²) in [5.74, 6) is -0.528. The van der Waals surface area contributed by atoms with Crippen molar-refractivity contribution in [1.29, 1.82) is 0 Å². The van der Waals surface area contributed by atoms with E-state index in [1.165, 1.54) is 17.3 Å². The third kappa shape index (κ3) is 4.38. The molecule has 0 radical (unpaired) electrons. The number of nitrogens with zero attached hydrogens (tertiary/aromatic N) is 6. The molecule has 0 bridgehead atoms. The zero-order valence-corrected chi connectivity index (χ0v) is 15.8. The molecule has 4 aromatic rings. The average Bonchev–Trinajstić information content (AvgIpc) is 3.47. The van der Waals surface area contributed by atoms with E-state index in [9.17, 15) is 9.59 Å². The van der Waals surface area contributed by atoms with Gasteiger partial charge in [-0.05, 0) is 12.1 Å². The van der Waals surface area contributed by atoms with Crippen LogP contribution in [-0.2, 0) is 11.3 Å².